The molecule has 0 spiro atoms. The summed E-state index contributed by atoms with van der Waals surface area (Å²) in [6.45, 7) is 1.84. The van der Waals surface area contributed by atoms with Gasteiger partial charge in [-0.15, -0.1) is 0 Å². The summed E-state index contributed by atoms with van der Waals surface area (Å²) < 4.78 is 5.14. The van der Waals surface area contributed by atoms with Crippen molar-refractivity contribution in [3.05, 3.63) is 46.6 Å². The molecule has 6 heteroatoms. The van der Waals surface area contributed by atoms with Crippen LogP contribution in [-0.2, 0) is 0 Å². The summed E-state index contributed by atoms with van der Waals surface area (Å²) in [7, 11) is 1.49. The number of pyridine rings is 1. The zero-order valence-electron chi connectivity index (χ0n) is 11.1. The van der Waals surface area contributed by atoms with Crippen molar-refractivity contribution in [2.45, 2.75) is 6.92 Å². The van der Waals surface area contributed by atoms with Crippen molar-refractivity contribution >= 4 is 29.0 Å². The Morgan fingerprint density at radius 3 is 2.80 bits per heavy atom. The van der Waals surface area contributed by atoms with Gasteiger partial charge in [-0.25, -0.2) is 4.98 Å². The molecule has 1 heterocycles. The zero-order valence-corrected chi connectivity index (χ0v) is 11.9. The smallest absolute Gasteiger partial charge is 0.260 e. The number of ether oxygens (including phenoxy) is 1. The van der Waals surface area contributed by atoms with Gasteiger partial charge in [0, 0.05) is 5.02 Å². The molecule has 0 bridgehead atoms. The third-order valence-electron chi connectivity index (χ3n) is 2.80. The van der Waals surface area contributed by atoms with E-state index in [9.17, 15) is 4.79 Å². The molecule has 0 saturated heterocycles. The van der Waals surface area contributed by atoms with Crippen LogP contribution in [0, 0.1) is 6.92 Å². The second-order valence-electron chi connectivity index (χ2n) is 4.22. The normalized spacial score (nSPS) is 10.2. The monoisotopic (exact) mass is 291 g/mol. The minimum atomic E-state index is -0.346. The van der Waals surface area contributed by atoms with Gasteiger partial charge in [0.1, 0.15) is 11.6 Å². The first-order valence-corrected chi connectivity index (χ1v) is 6.26. The molecule has 0 aliphatic heterocycles. The average molecular weight is 292 g/mol. The maximum absolute atomic E-state index is 12.2. The molecule has 5 nitrogen and oxygen atoms in total. The fraction of sp³-hybridized carbons (Fsp3) is 0.143. The van der Waals surface area contributed by atoms with Crippen LogP contribution in [0.1, 0.15) is 15.9 Å². The number of nitrogens with two attached hydrogens (primary N) is 1. The molecule has 3 N–H and O–H groups in total. The van der Waals surface area contributed by atoms with Gasteiger partial charge in [-0.05, 0) is 36.8 Å². The van der Waals surface area contributed by atoms with E-state index in [1.54, 1.807) is 24.3 Å². The van der Waals surface area contributed by atoms with Gasteiger partial charge < -0.3 is 15.8 Å². The van der Waals surface area contributed by atoms with Crippen LogP contribution >= 0.6 is 11.6 Å². The van der Waals surface area contributed by atoms with Crippen molar-refractivity contribution < 1.29 is 9.53 Å². The van der Waals surface area contributed by atoms with Crippen molar-refractivity contribution in [1.29, 1.82) is 0 Å². The number of aromatic nitrogens is 1. The number of nitrogen functional groups attached to an aromatic ring is 1. The van der Waals surface area contributed by atoms with Gasteiger partial charge in [0.2, 0.25) is 0 Å². The average Bonchev–Trinajstić information content (AvgIpc) is 2.43. The fourth-order valence-electron chi connectivity index (χ4n) is 1.68. The summed E-state index contributed by atoms with van der Waals surface area (Å²) in [4.78, 5) is 16.3. The van der Waals surface area contributed by atoms with Crippen molar-refractivity contribution in [1.82, 2.24) is 4.98 Å². The SMILES string of the molecule is COc1ccc(Cl)cc1C(=O)Nc1cc(C)c(N)cn1. The minimum absolute atomic E-state index is 0.344. The number of carbonyl (C=O) groups is 1. The van der Waals surface area contributed by atoms with Gasteiger partial charge in [-0.3, -0.25) is 4.79 Å². The van der Waals surface area contributed by atoms with E-state index in [0.717, 1.165) is 5.56 Å². The minimum Gasteiger partial charge on any atom is -0.496 e. The number of hydrogen-bond acceptors (Lipinski definition) is 4. The number of halogens is 1. The van der Waals surface area contributed by atoms with Gasteiger partial charge in [-0.2, -0.15) is 0 Å². The molecule has 1 amide bonds. The second kappa shape index (κ2) is 5.79. The van der Waals surface area contributed by atoms with Gasteiger partial charge >= 0.3 is 0 Å². The largest absolute Gasteiger partial charge is 0.496 e. The Kier molecular flexibility index (Phi) is 4.10. The predicted octanol–water partition coefficient (Wildman–Crippen LogP) is 2.89. The summed E-state index contributed by atoms with van der Waals surface area (Å²) in [6, 6.07) is 6.53. The Morgan fingerprint density at radius 2 is 2.15 bits per heavy atom. The number of nitrogens with zero attached hydrogens (tertiary/aromatic N) is 1. The van der Waals surface area contributed by atoms with E-state index in [4.69, 9.17) is 22.1 Å². The highest BCUT2D eigenvalue weighted by Gasteiger charge is 2.14. The van der Waals surface area contributed by atoms with Crippen LogP contribution in [-0.4, -0.2) is 18.0 Å². The van der Waals surface area contributed by atoms with Crippen molar-refractivity contribution in [3.8, 4) is 5.75 Å². The molecule has 20 heavy (non-hydrogen) atoms. The number of nitrogens with one attached hydrogen (secondary N) is 1. The molecule has 1 aromatic carbocycles. The van der Waals surface area contributed by atoms with E-state index in [2.05, 4.69) is 10.3 Å². The summed E-state index contributed by atoms with van der Waals surface area (Å²) in [5, 5.41) is 3.14. The maximum atomic E-state index is 12.2. The topological polar surface area (TPSA) is 77.2 Å². The third kappa shape index (κ3) is 3.00. The summed E-state index contributed by atoms with van der Waals surface area (Å²) >= 11 is 5.90. The molecule has 104 valence electrons. The van der Waals surface area contributed by atoms with Crippen LogP contribution in [0.3, 0.4) is 0 Å². The predicted molar refractivity (Wildman–Crippen MR) is 79.3 cm³/mol. The summed E-state index contributed by atoms with van der Waals surface area (Å²) in [6.07, 6.45) is 1.50. The molecule has 0 unspecified atom stereocenters. The number of carbonyl (C=O) groups excluding carboxylic acids is 1. The Bertz CT molecular complexity index is 659. The lowest BCUT2D eigenvalue weighted by atomic mass is 10.2. The van der Waals surface area contributed by atoms with E-state index in [0.29, 0.717) is 27.8 Å². The Hall–Kier alpha value is -2.27. The fourth-order valence-corrected chi connectivity index (χ4v) is 1.85. The molecular formula is C14H14ClN3O2. The highest BCUT2D eigenvalue weighted by molar-refractivity contribution is 6.31. The van der Waals surface area contributed by atoms with Gasteiger partial charge in [0.05, 0.1) is 24.6 Å². The lowest BCUT2D eigenvalue weighted by molar-refractivity contribution is 0.102. The Labute approximate surface area is 121 Å². The number of aryl methyl sites for hydroxylation is 1. The van der Waals surface area contributed by atoms with Gasteiger partial charge in [0.15, 0.2) is 0 Å². The lowest BCUT2D eigenvalue weighted by Gasteiger charge is -2.10. The molecule has 2 aromatic rings. The van der Waals surface area contributed by atoms with Crippen LogP contribution in [0.5, 0.6) is 5.75 Å². The van der Waals surface area contributed by atoms with E-state index in [1.165, 1.54) is 13.3 Å². The van der Waals surface area contributed by atoms with Crippen LogP contribution in [0.25, 0.3) is 0 Å². The summed E-state index contributed by atoms with van der Waals surface area (Å²) in [5.74, 6) is 0.517. The first kappa shape index (κ1) is 14.1. The number of rotatable bonds is 3. The maximum Gasteiger partial charge on any atom is 0.260 e. The number of amides is 1. The standard InChI is InChI=1S/C14H14ClN3O2/c1-8-5-13(17-7-11(8)16)18-14(19)10-6-9(15)3-4-12(10)20-2/h3-7H,16H2,1-2H3,(H,17,18,19). The number of hydrogen-bond donors (Lipinski definition) is 2. The molecule has 2 rings (SSSR count). The highest BCUT2D eigenvalue weighted by Crippen LogP contribution is 2.23. The molecule has 0 aliphatic carbocycles. The van der Waals surface area contributed by atoms with Crippen molar-refractivity contribution in [3.63, 3.8) is 0 Å². The zero-order chi connectivity index (χ0) is 14.7. The van der Waals surface area contributed by atoms with Crippen LogP contribution in [0.15, 0.2) is 30.5 Å². The van der Waals surface area contributed by atoms with E-state index >= 15 is 0 Å². The quantitative estimate of drug-likeness (QED) is 0.911. The lowest BCUT2D eigenvalue weighted by Crippen LogP contribution is -2.14. The summed E-state index contributed by atoms with van der Waals surface area (Å²) in [5.41, 5.74) is 7.44. The van der Waals surface area contributed by atoms with Crippen molar-refractivity contribution in [2.24, 2.45) is 0 Å². The molecule has 0 fully saturated rings. The van der Waals surface area contributed by atoms with E-state index in [-0.39, 0.29) is 5.91 Å². The number of methoxy groups -OCH3 is 1. The van der Waals surface area contributed by atoms with Crippen LogP contribution < -0.4 is 15.8 Å². The Balaban J connectivity index is 2.27. The number of anilines is 2. The molecule has 0 atom stereocenters. The Morgan fingerprint density at radius 1 is 1.40 bits per heavy atom. The number of benzene rings is 1. The second-order valence-corrected chi connectivity index (χ2v) is 4.66. The molecule has 1 aromatic heterocycles. The van der Waals surface area contributed by atoms with Gasteiger partial charge in [0.25, 0.3) is 5.91 Å². The molecule has 0 radical (unpaired) electrons. The van der Waals surface area contributed by atoms with E-state index in [1.807, 2.05) is 6.92 Å². The van der Waals surface area contributed by atoms with Crippen molar-refractivity contribution in [2.75, 3.05) is 18.2 Å². The molecule has 0 saturated carbocycles. The van der Waals surface area contributed by atoms with Crippen LogP contribution in [0.4, 0.5) is 11.5 Å². The highest BCUT2D eigenvalue weighted by atomic mass is 35.5. The van der Waals surface area contributed by atoms with Crippen LogP contribution in [0.2, 0.25) is 5.02 Å². The first-order chi connectivity index (χ1) is 9.51. The van der Waals surface area contributed by atoms with E-state index < -0.39 is 0 Å². The molecular weight excluding hydrogens is 278 g/mol. The first-order valence-electron chi connectivity index (χ1n) is 5.88. The third-order valence-corrected chi connectivity index (χ3v) is 3.03. The van der Waals surface area contributed by atoms with Gasteiger partial charge in [-0.1, -0.05) is 11.6 Å². The molecule has 0 aliphatic rings.